The molecule has 0 saturated heterocycles. The molecular formula is C14H18CrF2. The minimum atomic E-state index is 0. The van der Waals surface area contributed by atoms with Gasteiger partial charge < -0.3 is 9.41 Å². The van der Waals surface area contributed by atoms with Crippen molar-refractivity contribution in [2.45, 2.75) is 27.7 Å². The van der Waals surface area contributed by atoms with Crippen molar-refractivity contribution in [1.29, 1.82) is 0 Å². The Morgan fingerprint density at radius 1 is 0.765 bits per heavy atom. The topological polar surface area (TPSA) is 0 Å². The number of rotatable bonds is 0. The minimum absolute atomic E-state index is 0. The van der Waals surface area contributed by atoms with Gasteiger partial charge in [0.1, 0.15) is 0 Å². The second-order valence-electron chi connectivity index (χ2n) is 3.78. The summed E-state index contributed by atoms with van der Waals surface area (Å²) in [5.74, 6) is 0. The van der Waals surface area contributed by atoms with Crippen LogP contribution in [0.5, 0.6) is 0 Å². The van der Waals surface area contributed by atoms with Gasteiger partial charge >= 0.3 is 17.4 Å². The summed E-state index contributed by atoms with van der Waals surface area (Å²) in [5, 5.41) is 0. The van der Waals surface area contributed by atoms with Crippen LogP contribution >= 0.6 is 0 Å². The Kier molecular flexibility index (Phi) is 12.9. The average molecular weight is 276 g/mol. The fraction of sp³-hybridized carbons (Fsp3) is 0.286. The summed E-state index contributed by atoms with van der Waals surface area (Å²) in [6.07, 6.45) is 0. The summed E-state index contributed by atoms with van der Waals surface area (Å²) in [7, 11) is 0. The van der Waals surface area contributed by atoms with Crippen molar-refractivity contribution < 1.29 is 26.8 Å². The molecule has 2 rings (SSSR count). The van der Waals surface area contributed by atoms with Crippen molar-refractivity contribution in [3.05, 3.63) is 58.7 Å². The van der Waals surface area contributed by atoms with Gasteiger partial charge in [0.05, 0.1) is 0 Å². The van der Waals surface area contributed by atoms with Crippen LogP contribution in [0.3, 0.4) is 0 Å². The molecule has 0 bridgehead atoms. The third-order valence-electron chi connectivity index (χ3n) is 2.63. The van der Waals surface area contributed by atoms with Crippen LogP contribution in [-0.4, -0.2) is 0 Å². The molecule has 0 unspecified atom stereocenters. The van der Waals surface area contributed by atoms with Crippen molar-refractivity contribution in [1.82, 2.24) is 0 Å². The van der Waals surface area contributed by atoms with E-state index in [4.69, 9.17) is 0 Å². The maximum atomic E-state index is 2.12. The first-order valence-corrected chi connectivity index (χ1v) is 4.99. The summed E-state index contributed by atoms with van der Waals surface area (Å²) in [4.78, 5) is 0. The predicted molar refractivity (Wildman–Crippen MR) is 63.0 cm³/mol. The monoisotopic (exact) mass is 276 g/mol. The van der Waals surface area contributed by atoms with E-state index in [0.29, 0.717) is 0 Å². The van der Waals surface area contributed by atoms with Gasteiger partial charge in [0.2, 0.25) is 0 Å². The summed E-state index contributed by atoms with van der Waals surface area (Å²) in [6, 6.07) is 12.6. The Morgan fingerprint density at radius 3 is 1.12 bits per heavy atom. The maximum Gasteiger partial charge on any atom is 4.00 e. The predicted octanol–water partition coefficient (Wildman–Crippen LogP) is -1.95. The van der Waals surface area contributed by atoms with Gasteiger partial charge in [0.25, 0.3) is 0 Å². The molecule has 0 heterocycles. The standard InChI is InChI=1S/2C7H9.Cr.2FH/c2*1-6-4-3-5-7(6)2;;;/h2*3-5H,1-2H3;;2*1H/q2*-1;+4;;/p-2. The number of halogens is 2. The molecule has 0 fully saturated rings. The SMILES string of the molecule is Cc1ccc[c-]1C.Cc1ccc[c-]1C.[Cr+4].[F-].[F-]. The van der Waals surface area contributed by atoms with Crippen LogP contribution < -0.4 is 9.41 Å². The van der Waals surface area contributed by atoms with Crippen LogP contribution in [-0.2, 0) is 17.4 Å². The molecular weight excluding hydrogens is 258 g/mol. The van der Waals surface area contributed by atoms with Crippen LogP contribution in [0.15, 0.2) is 36.4 Å². The molecule has 3 heteroatoms. The Bertz CT molecular complexity index is 317. The molecule has 0 N–H and O–H groups in total. The van der Waals surface area contributed by atoms with E-state index in [1.54, 1.807) is 0 Å². The second-order valence-corrected chi connectivity index (χ2v) is 3.78. The van der Waals surface area contributed by atoms with E-state index in [-0.39, 0.29) is 26.8 Å². The molecule has 0 aromatic heterocycles. The number of aryl methyl sites for hydroxylation is 4. The number of hydrogen-bond donors (Lipinski definition) is 0. The molecule has 0 spiro atoms. The first-order chi connectivity index (χ1) is 6.61. The third kappa shape index (κ3) is 7.10. The molecule has 94 valence electrons. The fourth-order valence-electron chi connectivity index (χ4n) is 1.20. The van der Waals surface area contributed by atoms with Crippen molar-refractivity contribution in [2.75, 3.05) is 0 Å². The molecule has 0 atom stereocenters. The minimum Gasteiger partial charge on any atom is -1.00 e. The second kappa shape index (κ2) is 10.3. The Morgan fingerprint density at radius 2 is 1.06 bits per heavy atom. The van der Waals surface area contributed by atoms with Crippen molar-refractivity contribution in [3.8, 4) is 0 Å². The maximum absolute atomic E-state index is 2.12. The van der Waals surface area contributed by atoms with Crippen LogP contribution in [0.25, 0.3) is 0 Å². The van der Waals surface area contributed by atoms with Crippen LogP contribution in [0.1, 0.15) is 22.3 Å². The Balaban J connectivity index is -0.000000196. The zero-order valence-corrected chi connectivity index (χ0v) is 11.9. The van der Waals surface area contributed by atoms with E-state index >= 15 is 0 Å². The summed E-state index contributed by atoms with van der Waals surface area (Å²) >= 11 is 0. The smallest absolute Gasteiger partial charge is 1.00 e. The van der Waals surface area contributed by atoms with Gasteiger partial charge in [-0.25, -0.2) is 24.3 Å². The molecule has 0 aliphatic rings. The fourth-order valence-corrected chi connectivity index (χ4v) is 1.20. The first kappa shape index (κ1) is 21.4. The quantitative estimate of drug-likeness (QED) is 0.491. The van der Waals surface area contributed by atoms with E-state index in [0.717, 1.165) is 0 Å². The third-order valence-corrected chi connectivity index (χ3v) is 2.63. The van der Waals surface area contributed by atoms with Crippen molar-refractivity contribution >= 4 is 0 Å². The van der Waals surface area contributed by atoms with Gasteiger partial charge in [-0.2, -0.15) is 34.4 Å². The van der Waals surface area contributed by atoms with E-state index < -0.39 is 0 Å². The van der Waals surface area contributed by atoms with E-state index in [2.05, 4.69) is 64.1 Å². The van der Waals surface area contributed by atoms with Crippen LogP contribution in [0.2, 0.25) is 0 Å². The zero-order chi connectivity index (χ0) is 10.6. The van der Waals surface area contributed by atoms with Gasteiger partial charge in [-0.15, -0.1) is 0 Å². The summed E-state index contributed by atoms with van der Waals surface area (Å²) < 4.78 is 0. The first-order valence-electron chi connectivity index (χ1n) is 4.99. The van der Waals surface area contributed by atoms with Gasteiger partial charge in [-0.1, -0.05) is 27.7 Å². The molecule has 2 aromatic carbocycles. The Hall–Kier alpha value is -0.908. The molecule has 0 amide bonds. The largest absolute Gasteiger partial charge is 4.00 e. The van der Waals surface area contributed by atoms with Crippen molar-refractivity contribution in [3.63, 3.8) is 0 Å². The summed E-state index contributed by atoms with van der Waals surface area (Å²) in [6.45, 7) is 8.48. The van der Waals surface area contributed by atoms with Crippen molar-refractivity contribution in [2.24, 2.45) is 0 Å². The molecule has 17 heavy (non-hydrogen) atoms. The molecule has 0 aliphatic carbocycles. The molecule has 0 aliphatic heterocycles. The molecule has 0 saturated carbocycles. The number of hydrogen-bond acceptors (Lipinski definition) is 0. The van der Waals surface area contributed by atoms with E-state index in [9.17, 15) is 0 Å². The van der Waals surface area contributed by atoms with Gasteiger partial charge in [-0.3, -0.25) is 0 Å². The normalized spacial score (nSPS) is 7.76. The van der Waals surface area contributed by atoms with Gasteiger partial charge in [0.15, 0.2) is 0 Å². The van der Waals surface area contributed by atoms with E-state index in [1.807, 2.05) is 0 Å². The molecule has 0 radical (unpaired) electrons. The van der Waals surface area contributed by atoms with Gasteiger partial charge in [0, 0.05) is 0 Å². The average Bonchev–Trinajstić information content (AvgIpc) is 2.67. The van der Waals surface area contributed by atoms with Gasteiger partial charge in [-0.05, 0) is 0 Å². The Labute approximate surface area is 113 Å². The summed E-state index contributed by atoms with van der Waals surface area (Å²) in [5.41, 5.74) is 5.56. The molecule has 2 aromatic rings. The molecule has 0 nitrogen and oxygen atoms in total. The van der Waals surface area contributed by atoms with Crippen LogP contribution in [0.4, 0.5) is 0 Å². The van der Waals surface area contributed by atoms with Crippen LogP contribution in [0, 0.1) is 27.7 Å². The van der Waals surface area contributed by atoms with E-state index in [1.165, 1.54) is 22.3 Å². The zero-order valence-electron chi connectivity index (χ0n) is 10.6.